The van der Waals surface area contributed by atoms with Gasteiger partial charge in [-0.1, -0.05) is 12.1 Å². The van der Waals surface area contributed by atoms with Crippen LogP contribution in [0.5, 0.6) is 0 Å². The first-order valence-electron chi connectivity index (χ1n) is 4.76. The third kappa shape index (κ3) is 1.74. The molecule has 0 N–H and O–H groups in total. The van der Waals surface area contributed by atoms with Gasteiger partial charge < -0.3 is 14.4 Å². The molecule has 0 saturated carbocycles. The van der Waals surface area contributed by atoms with E-state index in [2.05, 4.69) is 37.2 Å². The predicted molar refractivity (Wildman–Crippen MR) is 55.2 cm³/mol. The van der Waals surface area contributed by atoms with Crippen LogP contribution in [0.4, 0.5) is 5.69 Å². The smallest absolute Gasteiger partial charge is 0.146 e. The summed E-state index contributed by atoms with van der Waals surface area (Å²) in [6.45, 7) is 2.06. The maximum Gasteiger partial charge on any atom is 0.146 e. The lowest BCUT2D eigenvalue weighted by Crippen LogP contribution is -2.12. The molecule has 0 aromatic heterocycles. The summed E-state index contributed by atoms with van der Waals surface area (Å²) in [5.74, 6) is 0. The monoisotopic (exact) mass is 193 g/mol. The highest BCUT2D eigenvalue weighted by Gasteiger charge is 2.05. The lowest BCUT2D eigenvalue weighted by molar-refractivity contribution is 0.0692. The van der Waals surface area contributed by atoms with Crippen LogP contribution >= 0.6 is 0 Å². The Morgan fingerprint density at radius 1 is 1.14 bits per heavy atom. The zero-order valence-electron chi connectivity index (χ0n) is 8.62. The average Bonchev–Trinajstić information content (AvgIpc) is 2.67. The van der Waals surface area contributed by atoms with E-state index < -0.39 is 0 Å². The van der Waals surface area contributed by atoms with Crippen molar-refractivity contribution in [3.8, 4) is 0 Å². The van der Waals surface area contributed by atoms with E-state index in [4.69, 9.17) is 9.47 Å². The maximum atomic E-state index is 4.72. The standard InChI is InChI=1S/C8H9N.C3H6O2/c1-9(2)8-5-6-3-4-7(6)8;1-2-5-3-4-1/h3-5H,1-2H3;1-3H2. The summed E-state index contributed by atoms with van der Waals surface area (Å²) in [4.78, 5) is 2.14. The fraction of sp³-hybridized carbons (Fsp3) is 0.455. The lowest BCUT2D eigenvalue weighted by Gasteiger charge is -2.18. The molecule has 1 aliphatic heterocycles. The van der Waals surface area contributed by atoms with Gasteiger partial charge in [0.05, 0.1) is 13.2 Å². The molecule has 0 radical (unpaired) electrons. The fourth-order valence-corrected chi connectivity index (χ4v) is 1.43. The first kappa shape index (κ1) is 9.49. The molecule has 1 saturated heterocycles. The van der Waals surface area contributed by atoms with Crippen LogP contribution in [0.25, 0.3) is 0 Å². The van der Waals surface area contributed by atoms with Gasteiger partial charge in [-0.15, -0.1) is 0 Å². The molecule has 0 aromatic rings. The van der Waals surface area contributed by atoms with E-state index in [9.17, 15) is 0 Å². The SMILES string of the molecule is C1COCO1.CN(C)c1cc2ccc1=2. The van der Waals surface area contributed by atoms with Gasteiger partial charge in [0.2, 0.25) is 0 Å². The van der Waals surface area contributed by atoms with Crippen molar-refractivity contribution in [2.45, 2.75) is 0 Å². The molecule has 2 aliphatic carbocycles. The lowest BCUT2D eigenvalue weighted by atomic mass is 10.0. The maximum absolute atomic E-state index is 4.72. The van der Waals surface area contributed by atoms with Crippen molar-refractivity contribution in [2.75, 3.05) is 39.0 Å². The third-order valence-corrected chi connectivity index (χ3v) is 2.33. The summed E-state index contributed by atoms with van der Waals surface area (Å²) in [5.41, 5.74) is 1.37. The Labute approximate surface area is 83.5 Å². The van der Waals surface area contributed by atoms with Crippen LogP contribution in [0.3, 0.4) is 0 Å². The van der Waals surface area contributed by atoms with Crippen molar-refractivity contribution in [1.29, 1.82) is 0 Å². The van der Waals surface area contributed by atoms with Crippen molar-refractivity contribution < 1.29 is 9.47 Å². The molecule has 3 aliphatic rings. The van der Waals surface area contributed by atoms with Gasteiger partial charge in [-0.25, -0.2) is 0 Å². The van der Waals surface area contributed by atoms with Gasteiger partial charge in [0.25, 0.3) is 0 Å². The number of hydrogen-bond acceptors (Lipinski definition) is 3. The van der Waals surface area contributed by atoms with E-state index >= 15 is 0 Å². The molecule has 0 spiro atoms. The molecule has 14 heavy (non-hydrogen) atoms. The Morgan fingerprint density at radius 3 is 2.00 bits per heavy atom. The van der Waals surface area contributed by atoms with Gasteiger partial charge in [0, 0.05) is 25.0 Å². The number of rotatable bonds is 1. The molecule has 0 amide bonds. The normalized spacial score (nSPS) is 15.9. The van der Waals surface area contributed by atoms with Crippen LogP contribution in [-0.4, -0.2) is 34.1 Å². The molecule has 3 heteroatoms. The van der Waals surface area contributed by atoms with Crippen LogP contribution in [0.1, 0.15) is 0 Å². The molecule has 3 nitrogen and oxygen atoms in total. The Kier molecular flexibility index (Phi) is 2.70. The average molecular weight is 193 g/mol. The van der Waals surface area contributed by atoms with Gasteiger partial charge in [-0.05, 0) is 11.3 Å². The molecule has 0 unspecified atom stereocenters. The minimum atomic E-state index is 0.500. The Bertz CT molecular complexity index is 389. The molecule has 1 fully saturated rings. The van der Waals surface area contributed by atoms with Crippen LogP contribution in [0.2, 0.25) is 0 Å². The summed E-state index contributed by atoms with van der Waals surface area (Å²) in [6.07, 6.45) is 0. The minimum absolute atomic E-state index is 0.500. The van der Waals surface area contributed by atoms with Crippen molar-refractivity contribution in [2.24, 2.45) is 0 Å². The Hall–Kier alpha value is -1.06. The number of ether oxygens (including phenoxy) is 2. The van der Waals surface area contributed by atoms with Crippen LogP contribution < -0.4 is 4.90 Å². The predicted octanol–water partition coefficient (Wildman–Crippen LogP) is 1.34. The number of hydrogen-bond donors (Lipinski definition) is 0. The van der Waals surface area contributed by atoms with Crippen LogP contribution in [-0.2, 0) is 9.47 Å². The number of nitrogens with zero attached hydrogens (tertiary/aromatic N) is 1. The van der Waals surface area contributed by atoms with E-state index in [1.807, 2.05) is 0 Å². The summed E-state index contributed by atoms with van der Waals surface area (Å²) in [7, 11) is 4.14. The third-order valence-electron chi connectivity index (χ3n) is 2.33. The van der Waals surface area contributed by atoms with Gasteiger partial charge in [0.1, 0.15) is 6.79 Å². The quantitative estimate of drug-likeness (QED) is 0.682. The molecular weight excluding hydrogens is 178 g/mol. The van der Waals surface area contributed by atoms with Crippen molar-refractivity contribution in [3.63, 3.8) is 0 Å². The summed E-state index contributed by atoms with van der Waals surface area (Å²) in [5, 5.41) is 2.85. The molecular formula is C11H15NO2. The van der Waals surface area contributed by atoms with Crippen molar-refractivity contribution >= 4 is 5.69 Å². The Balaban J connectivity index is 0.000000128. The first-order chi connectivity index (χ1) is 6.79. The van der Waals surface area contributed by atoms with Gasteiger partial charge in [0.15, 0.2) is 0 Å². The first-order valence-corrected chi connectivity index (χ1v) is 4.76. The van der Waals surface area contributed by atoms with E-state index in [-0.39, 0.29) is 0 Å². The second kappa shape index (κ2) is 3.98. The highest BCUT2D eigenvalue weighted by molar-refractivity contribution is 5.55. The minimum Gasteiger partial charge on any atom is -0.377 e. The zero-order valence-corrected chi connectivity index (χ0v) is 8.62. The van der Waals surface area contributed by atoms with E-state index in [1.165, 1.54) is 16.1 Å². The number of anilines is 1. The Morgan fingerprint density at radius 2 is 1.86 bits per heavy atom. The topological polar surface area (TPSA) is 21.7 Å². The molecule has 3 rings (SSSR count). The van der Waals surface area contributed by atoms with Gasteiger partial charge in [-0.3, -0.25) is 0 Å². The molecule has 1 heterocycles. The van der Waals surface area contributed by atoms with E-state index in [0.717, 1.165) is 13.2 Å². The zero-order chi connectivity index (χ0) is 9.97. The van der Waals surface area contributed by atoms with Crippen LogP contribution in [0.15, 0.2) is 18.2 Å². The van der Waals surface area contributed by atoms with Gasteiger partial charge in [-0.2, -0.15) is 0 Å². The van der Waals surface area contributed by atoms with Crippen LogP contribution in [0, 0.1) is 10.4 Å². The molecule has 0 aromatic carbocycles. The van der Waals surface area contributed by atoms with Crippen molar-refractivity contribution in [3.05, 3.63) is 28.6 Å². The second-order valence-electron chi connectivity index (χ2n) is 3.56. The largest absolute Gasteiger partial charge is 0.377 e. The van der Waals surface area contributed by atoms with E-state index in [0.29, 0.717) is 6.79 Å². The number of benzene rings is 1. The highest BCUT2D eigenvalue weighted by atomic mass is 16.7. The summed E-state index contributed by atoms with van der Waals surface area (Å²) >= 11 is 0. The molecule has 76 valence electrons. The van der Waals surface area contributed by atoms with E-state index in [1.54, 1.807) is 0 Å². The summed E-state index contributed by atoms with van der Waals surface area (Å²) < 4.78 is 9.44. The van der Waals surface area contributed by atoms with Gasteiger partial charge >= 0.3 is 0 Å². The summed E-state index contributed by atoms with van der Waals surface area (Å²) in [6, 6.07) is 6.50. The second-order valence-corrected chi connectivity index (χ2v) is 3.56. The highest BCUT2D eigenvalue weighted by Crippen LogP contribution is 2.23. The molecule has 0 atom stereocenters. The fourth-order valence-electron chi connectivity index (χ4n) is 1.43. The molecule has 0 bridgehead atoms. The van der Waals surface area contributed by atoms with Crippen molar-refractivity contribution in [1.82, 2.24) is 0 Å².